The number of hydrogen-bond donors (Lipinski definition) is 1. The van der Waals surface area contributed by atoms with Gasteiger partial charge >= 0.3 is 0 Å². The maximum atomic E-state index is 11.4. The average molecular weight is 378 g/mol. The Morgan fingerprint density at radius 2 is 1.93 bits per heavy atom. The molecule has 7 nitrogen and oxygen atoms in total. The highest BCUT2D eigenvalue weighted by Crippen LogP contribution is 2.32. The molecule has 3 rings (SSSR count). The molecule has 0 aliphatic heterocycles. The normalized spacial score (nSPS) is 10.6. The van der Waals surface area contributed by atoms with E-state index in [2.05, 4.69) is 11.2 Å². The van der Waals surface area contributed by atoms with Crippen LogP contribution in [0.4, 0.5) is 0 Å². The smallest absolute Gasteiger partial charge is 0.181 e. The first-order chi connectivity index (χ1) is 13.6. The van der Waals surface area contributed by atoms with Crippen molar-refractivity contribution in [2.75, 3.05) is 6.61 Å². The number of aliphatic hydroxyl groups excluding tert-OH is 1. The summed E-state index contributed by atoms with van der Waals surface area (Å²) >= 11 is 0. The molecule has 0 bridgehead atoms. The van der Waals surface area contributed by atoms with Crippen LogP contribution in [-0.2, 0) is 19.4 Å². The Morgan fingerprint density at radius 1 is 1.18 bits per heavy atom. The van der Waals surface area contributed by atoms with Gasteiger partial charge in [-0.15, -0.1) is 0 Å². The fourth-order valence-electron chi connectivity index (χ4n) is 3.07. The van der Waals surface area contributed by atoms with Crippen LogP contribution in [-0.4, -0.2) is 26.1 Å². The molecule has 0 atom stereocenters. The van der Waals surface area contributed by atoms with Gasteiger partial charge in [-0.3, -0.25) is 9.48 Å². The Morgan fingerprint density at radius 3 is 2.54 bits per heavy atom. The van der Waals surface area contributed by atoms with Crippen molar-refractivity contribution in [1.82, 2.24) is 14.3 Å². The molecular formula is C21H22N4O3. The number of aryl methyl sites for hydroxylation is 1. The standard InChI is InChI=1S/C21H22N4O3/c1-3-19-21(20(4-2)25(23-19)9-10-26)28-18-12-15(14-22)11-16(13-18)24-7-5-17(27)6-8-24/h5-8,11-13,26H,3-4,9-10H2,1-2H3. The summed E-state index contributed by atoms with van der Waals surface area (Å²) in [5.41, 5.74) is 2.79. The van der Waals surface area contributed by atoms with Crippen molar-refractivity contribution >= 4 is 0 Å². The largest absolute Gasteiger partial charge is 0.453 e. The van der Waals surface area contributed by atoms with Gasteiger partial charge in [0.25, 0.3) is 0 Å². The fraction of sp³-hybridized carbons (Fsp3) is 0.286. The van der Waals surface area contributed by atoms with Crippen molar-refractivity contribution < 1.29 is 9.84 Å². The Bertz CT molecular complexity index is 1060. The minimum Gasteiger partial charge on any atom is -0.453 e. The van der Waals surface area contributed by atoms with Gasteiger partial charge < -0.3 is 14.4 Å². The van der Waals surface area contributed by atoms with Crippen LogP contribution in [0.3, 0.4) is 0 Å². The van der Waals surface area contributed by atoms with Crippen LogP contribution in [0.15, 0.2) is 47.5 Å². The number of pyridine rings is 1. The van der Waals surface area contributed by atoms with Gasteiger partial charge in [-0.1, -0.05) is 13.8 Å². The molecular weight excluding hydrogens is 356 g/mol. The molecule has 0 radical (unpaired) electrons. The number of nitrogens with zero attached hydrogens (tertiary/aromatic N) is 4. The zero-order valence-corrected chi connectivity index (χ0v) is 15.9. The lowest BCUT2D eigenvalue weighted by Crippen LogP contribution is -2.08. The number of aliphatic hydroxyl groups is 1. The van der Waals surface area contributed by atoms with E-state index in [1.807, 2.05) is 19.9 Å². The summed E-state index contributed by atoms with van der Waals surface area (Å²) in [6.45, 7) is 4.40. The molecule has 0 fully saturated rings. The van der Waals surface area contributed by atoms with Crippen molar-refractivity contribution in [3.05, 3.63) is 69.9 Å². The number of ether oxygens (including phenoxy) is 1. The summed E-state index contributed by atoms with van der Waals surface area (Å²) in [5, 5.41) is 23.2. The van der Waals surface area contributed by atoms with Crippen LogP contribution < -0.4 is 10.2 Å². The van der Waals surface area contributed by atoms with Crippen LogP contribution in [0.1, 0.15) is 30.8 Å². The van der Waals surface area contributed by atoms with E-state index in [0.29, 0.717) is 42.1 Å². The topological polar surface area (TPSA) is 93.1 Å². The first-order valence-electron chi connectivity index (χ1n) is 9.20. The molecule has 0 saturated heterocycles. The van der Waals surface area contributed by atoms with Crippen LogP contribution in [0.2, 0.25) is 0 Å². The number of nitriles is 1. The van der Waals surface area contributed by atoms with Crippen LogP contribution in [0.25, 0.3) is 5.69 Å². The quantitative estimate of drug-likeness (QED) is 0.682. The van der Waals surface area contributed by atoms with Gasteiger partial charge in [0.2, 0.25) is 0 Å². The van der Waals surface area contributed by atoms with Crippen molar-refractivity contribution in [3.63, 3.8) is 0 Å². The third kappa shape index (κ3) is 3.97. The third-order valence-electron chi connectivity index (χ3n) is 4.40. The predicted octanol–water partition coefficient (Wildman–Crippen LogP) is 2.82. The van der Waals surface area contributed by atoms with Crippen LogP contribution in [0.5, 0.6) is 11.5 Å². The zero-order valence-electron chi connectivity index (χ0n) is 15.9. The van der Waals surface area contributed by atoms with Gasteiger partial charge in [0, 0.05) is 36.3 Å². The van der Waals surface area contributed by atoms with Crippen LogP contribution in [0, 0.1) is 11.3 Å². The molecule has 2 heterocycles. The first-order valence-corrected chi connectivity index (χ1v) is 9.20. The Kier molecular flexibility index (Phi) is 5.92. The number of rotatable bonds is 7. The van der Waals surface area contributed by atoms with Gasteiger partial charge in [-0.25, -0.2) is 0 Å². The van der Waals surface area contributed by atoms with E-state index in [-0.39, 0.29) is 12.0 Å². The highest BCUT2D eigenvalue weighted by molar-refractivity contribution is 5.50. The number of benzene rings is 1. The average Bonchev–Trinajstić information content (AvgIpc) is 3.04. The lowest BCUT2D eigenvalue weighted by atomic mass is 10.2. The monoisotopic (exact) mass is 378 g/mol. The molecule has 0 unspecified atom stereocenters. The Hall–Kier alpha value is -3.37. The molecule has 1 aromatic carbocycles. The molecule has 1 N–H and O–H groups in total. The molecule has 7 heteroatoms. The summed E-state index contributed by atoms with van der Waals surface area (Å²) in [6.07, 6.45) is 4.69. The maximum Gasteiger partial charge on any atom is 0.181 e. The van der Waals surface area contributed by atoms with E-state index in [0.717, 1.165) is 11.4 Å². The van der Waals surface area contributed by atoms with E-state index in [4.69, 9.17) is 4.74 Å². The lowest BCUT2D eigenvalue weighted by molar-refractivity contribution is 0.267. The summed E-state index contributed by atoms with van der Waals surface area (Å²) in [6, 6.07) is 10.3. The minimum atomic E-state index is -0.0827. The van der Waals surface area contributed by atoms with Gasteiger partial charge in [0.05, 0.1) is 30.5 Å². The predicted molar refractivity (Wildman–Crippen MR) is 105 cm³/mol. The minimum absolute atomic E-state index is 0.00229. The molecule has 28 heavy (non-hydrogen) atoms. The Labute approximate surface area is 163 Å². The molecule has 0 amide bonds. The molecule has 2 aromatic heterocycles. The van der Waals surface area contributed by atoms with Gasteiger partial charge in [-0.05, 0) is 25.0 Å². The van der Waals surface area contributed by atoms with Gasteiger partial charge in [0.15, 0.2) is 11.2 Å². The second-order valence-corrected chi connectivity index (χ2v) is 6.25. The maximum absolute atomic E-state index is 11.4. The van der Waals surface area contributed by atoms with E-state index in [1.165, 1.54) is 12.1 Å². The van der Waals surface area contributed by atoms with Gasteiger partial charge in [0.1, 0.15) is 11.4 Å². The summed E-state index contributed by atoms with van der Waals surface area (Å²) in [7, 11) is 0. The molecule has 0 aliphatic carbocycles. The summed E-state index contributed by atoms with van der Waals surface area (Å²) in [4.78, 5) is 11.4. The first kappa shape index (κ1) is 19.4. The van der Waals surface area contributed by atoms with Crippen molar-refractivity contribution in [1.29, 1.82) is 5.26 Å². The SMILES string of the molecule is CCc1nn(CCO)c(CC)c1Oc1cc(C#N)cc(-n2ccc(=O)cc2)c1. The molecule has 3 aromatic rings. The van der Waals surface area contributed by atoms with Crippen LogP contribution >= 0.6 is 0 Å². The zero-order chi connectivity index (χ0) is 20.1. The second-order valence-electron chi connectivity index (χ2n) is 6.25. The van der Waals surface area contributed by atoms with Crippen molar-refractivity contribution in [3.8, 4) is 23.3 Å². The third-order valence-corrected chi connectivity index (χ3v) is 4.40. The van der Waals surface area contributed by atoms with E-state index in [1.54, 1.807) is 33.8 Å². The van der Waals surface area contributed by atoms with Gasteiger partial charge in [-0.2, -0.15) is 10.4 Å². The molecule has 0 aliphatic rings. The highest BCUT2D eigenvalue weighted by atomic mass is 16.5. The highest BCUT2D eigenvalue weighted by Gasteiger charge is 2.18. The second kappa shape index (κ2) is 8.55. The van der Waals surface area contributed by atoms with E-state index >= 15 is 0 Å². The number of hydrogen-bond acceptors (Lipinski definition) is 5. The molecule has 0 spiro atoms. The molecule has 0 saturated carbocycles. The lowest BCUT2D eigenvalue weighted by Gasteiger charge is -2.12. The molecule has 144 valence electrons. The van der Waals surface area contributed by atoms with Crippen molar-refractivity contribution in [2.45, 2.75) is 33.2 Å². The van der Waals surface area contributed by atoms with Crippen molar-refractivity contribution in [2.24, 2.45) is 0 Å². The van der Waals surface area contributed by atoms with E-state index < -0.39 is 0 Å². The Balaban J connectivity index is 2.05. The summed E-state index contributed by atoms with van der Waals surface area (Å²) in [5.74, 6) is 1.18. The number of aromatic nitrogens is 3. The summed E-state index contributed by atoms with van der Waals surface area (Å²) < 4.78 is 9.71. The fourth-order valence-corrected chi connectivity index (χ4v) is 3.07. The van der Waals surface area contributed by atoms with E-state index in [9.17, 15) is 15.2 Å².